The number of fused-ring (bicyclic) bond motifs is 1. The summed E-state index contributed by atoms with van der Waals surface area (Å²) >= 11 is 1.37. The number of nitrogens with zero attached hydrogens (tertiary/aromatic N) is 1. The van der Waals surface area contributed by atoms with Gasteiger partial charge in [-0.25, -0.2) is 0 Å². The third-order valence-corrected chi connectivity index (χ3v) is 4.98. The van der Waals surface area contributed by atoms with E-state index in [1.807, 2.05) is 43.3 Å². The van der Waals surface area contributed by atoms with Crippen molar-refractivity contribution in [1.29, 1.82) is 0 Å². The maximum atomic E-state index is 12.3. The standard InChI is InChI=1S/C18H17NO3S.Na/c1-2-15(18(21)22)12-7-9-14(10-8-12)23-19-11-13-5-3-4-6-16(13)17(19)20;/h3-10,15H,2,11H2,1H3,(H,21,22);/q;+1/p-1. The molecule has 3 rings (SSSR count). The molecule has 6 heteroatoms. The van der Waals surface area contributed by atoms with Crippen LogP contribution in [0.3, 0.4) is 0 Å². The van der Waals surface area contributed by atoms with Gasteiger partial charge in [-0.2, -0.15) is 0 Å². The minimum absolute atomic E-state index is 0. The second kappa shape index (κ2) is 8.21. The average Bonchev–Trinajstić information content (AvgIpc) is 2.86. The zero-order valence-corrected chi connectivity index (χ0v) is 16.5. The Bertz CT molecular complexity index is 748. The van der Waals surface area contributed by atoms with Crippen LogP contribution in [0.15, 0.2) is 53.4 Å². The molecule has 0 aromatic heterocycles. The van der Waals surface area contributed by atoms with Gasteiger partial charge in [0.05, 0.1) is 6.54 Å². The Morgan fingerprint density at radius 2 is 1.88 bits per heavy atom. The quantitative estimate of drug-likeness (QED) is 0.544. The van der Waals surface area contributed by atoms with E-state index < -0.39 is 11.9 Å². The monoisotopic (exact) mass is 349 g/mol. The largest absolute Gasteiger partial charge is 1.00 e. The first kappa shape index (κ1) is 19.1. The van der Waals surface area contributed by atoms with E-state index in [1.165, 1.54) is 11.9 Å². The molecule has 0 N–H and O–H groups in total. The van der Waals surface area contributed by atoms with Gasteiger partial charge in [0.1, 0.15) is 0 Å². The summed E-state index contributed by atoms with van der Waals surface area (Å²) in [6.07, 6.45) is 0.495. The molecule has 0 saturated heterocycles. The van der Waals surface area contributed by atoms with Gasteiger partial charge in [0, 0.05) is 22.3 Å². The summed E-state index contributed by atoms with van der Waals surface area (Å²) < 4.78 is 1.72. The van der Waals surface area contributed by atoms with E-state index >= 15 is 0 Å². The van der Waals surface area contributed by atoms with E-state index in [4.69, 9.17) is 0 Å². The normalized spacial score (nSPS) is 14.0. The average molecular weight is 349 g/mol. The van der Waals surface area contributed by atoms with Gasteiger partial charge in [-0.3, -0.25) is 9.10 Å². The molecule has 0 spiro atoms. The van der Waals surface area contributed by atoms with Crippen LogP contribution in [0.2, 0.25) is 0 Å². The maximum Gasteiger partial charge on any atom is 1.00 e. The van der Waals surface area contributed by atoms with Crippen LogP contribution < -0.4 is 34.7 Å². The second-order valence-electron chi connectivity index (χ2n) is 5.44. The molecular formula is C18H16NNaO3S. The number of hydrogen-bond acceptors (Lipinski definition) is 4. The van der Waals surface area contributed by atoms with Crippen molar-refractivity contribution in [1.82, 2.24) is 4.31 Å². The van der Waals surface area contributed by atoms with Crippen LogP contribution in [0.25, 0.3) is 0 Å². The van der Waals surface area contributed by atoms with Gasteiger partial charge in [-0.1, -0.05) is 37.3 Å². The van der Waals surface area contributed by atoms with E-state index in [2.05, 4.69) is 0 Å². The van der Waals surface area contributed by atoms with Crippen molar-refractivity contribution >= 4 is 23.8 Å². The van der Waals surface area contributed by atoms with Crippen LogP contribution in [0, 0.1) is 0 Å². The van der Waals surface area contributed by atoms with E-state index in [9.17, 15) is 14.7 Å². The van der Waals surface area contributed by atoms with Crippen molar-refractivity contribution in [2.24, 2.45) is 0 Å². The van der Waals surface area contributed by atoms with Crippen LogP contribution in [0.5, 0.6) is 0 Å². The van der Waals surface area contributed by atoms with Crippen molar-refractivity contribution < 1.29 is 44.3 Å². The Hall–Kier alpha value is -1.27. The molecule has 118 valence electrons. The Kier molecular flexibility index (Phi) is 6.52. The number of carboxylic acid groups (broad SMARTS) is 1. The SMILES string of the molecule is CCC(C(=O)[O-])c1ccc(SN2Cc3ccccc3C2=O)cc1.[Na+]. The summed E-state index contributed by atoms with van der Waals surface area (Å²) in [7, 11) is 0. The predicted molar refractivity (Wildman–Crippen MR) is 86.7 cm³/mol. The van der Waals surface area contributed by atoms with Gasteiger partial charge < -0.3 is 9.90 Å². The molecule has 0 saturated carbocycles. The van der Waals surface area contributed by atoms with Gasteiger partial charge >= 0.3 is 29.6 Å². The van der Waals surface area contributed by atoms with Gasteiger partial charge in [0.2, 0.25) is 0 Å². The van der Waals surface area contributed by atoms with E-state index in [0.717, 1.165) is 21.6 Å². The first-order valence-corrected chi connectivity index (χ1v) is 8.26. The van der Waals surface area contributed by atoms with Crippen molar-refractivity contribution in [3.8, 4) is 0 Å². The summed E-state index contributed by atoms with van der Waals surface area (Å²) in [5.74, 6) is -1.64. The second-order valence-corrected chi connectivity index (χ2v) is 6.53. The van der Waals surface area contributed by atoms with E-state index in [0.29, 0.717) is 13.0 Å². The molecule has 1 atom stereocenters. The predicted octanol–water partition coefficient (Wildman–Crippen LogP) is -0.403. The first-order valence-electron chi connectivity index (χ1n) is 7.48. The molecule has 24 heavy (non-hydrogen) atoms. The minimum atomic E-state index is -1.06. The van der Waals surface area contributed by atoms with Crippen LogP contribution in [0.4, 0.5) is 0 Å². The van der Waals surface area contributed by atoms with E-state index in [1.54, 1.807) is 16.4 Å². The molecule has 2 aromatic rings. The van der Waals surface area contributed by atoms with Crippen molar-refractivity contribution in [3.63, 3.8) is 0 Å². The molecule has 1 heterocycles. The summed E-state index contributed by atoms with van der Waals surface area (Å²) in [6.45, 7) is 2.40. The molecule has 1 aliphatic rings. The number of hydrogen-bond donors (Lipinski definition) is 0. The Morgan fingerprint density at radius 1 is 1.21 bits per heavy atom. The zero-order valence-electron chi connectivity index (χ0n) is 13.7. The number of benzene rings is 2. The summed E-state index contributed by atoms with van der Waals surface area (Å²) in [4.78, 5) is 24.3. The molecule has 1 unspecified atom stereocenters. The van der Waals surface area contributed by atoms with Crippen LogP contribution in [0.1, 0.15) is 40.7 Å². The Balaban J connectivity index is 0.00000208. The number of amides is 1. The summed E-state index contributed by atoms with van der Waals surface area (Å²) in [5, 5.41) is 11.1. The number of carbonyl (C=O) groups is 2. The van der Waals surface area contributed by atoms with Crippen molar-refractivity contribution in [3.05, 3.63) is 65.2 Å². The number of aliphatic carboxylic acids is 1. The fourth-order valence-corrected chi connectivity index (χ4v) is 3.63. The Labute approximate surface area is 167 Å². The molecule has 0 aliphatic carbocycles. The molecular weight excluding hydrogens is 333 g/mol. The maximum absolute atomic E-state index is 12.3. The molecule has 0 fully saturated rings. The molecule has 0 radical (unpaired) electrons. The number of carboxylic acids is 1. The molecule has 1 amide bonds. The summed E-state index contributed by atoms with van der Waals surface area (Å²) in [6, 6.07) is 14.9. The van der Waals surface area contributed by atoms with Crippen LogP contribution in [-0.2, 0) is 11.3 Å². The third kappa shape index (κ3) is 3.86. The zero-order chi connectivity index (χ0) is 16.4. The van der Waals surface area contributed by atoms with Crippen LogP contribution >= 0.6 is 11.9 Å². The smallest absolute Gasteiger partial charge is 0.549 e. The summed E-state index contributed by atoms with van der Waals surface area (Å²) in [5.41, 5.74) is 2.51. The Morgan fingerprint density at radius 3 is 2.46 bits per heavy atom. The van der Waals surface area contributed by atoms with Gasteiger partial charge in [-0.05, 0) is 47.7 Å². The van der Waals surface area contributed by atoms with E-state index in [-0.39, 0.29) is 35.5 Å². The van der Waals surface area contributed by atoms with Gasteiger partial charge in [-0.15, -0.1) is 0 Å². The molecule has 1 aliphatic heterocycles. The number of rotatable bonds is 5. The fourth-order valence-electron chi connectivity index (χ4n) is 2.73. The van der Waals surface area contributed by atoms with Crippen molar-refractivity contribution in [2.75, 3.05) is 0 Å². The fraction of sp³-hybridized carbons (Fsp3) is 0.222. The molecule has 2 aromatic carbocycles. The minimum Gasteiger partial charge on any atom is -0.549 e. The number of carbonyl (C=O) groups excluding carboxylic acids is 2. The van der Waals surface area contributed by atoms with Crippen molar-refractivity contribution in [2.45, 2.75) is 30.7 Å². The molecule has 4 nitrogen and oxygen atoms in total. The van der Waals surface area contributed by atoms with Crippen LogP contribution in [-0.4, -0.2) is 16.2 Å². The first-order chi connectivity index (χ1) is 11.1. The third-order valence-electron chi connectivity index (χ3n) is 3.98. The topological polar surface area (TPSA) is 60.4 Å². The van der Waals surface area contributed by atoms with Gasteiger partial charge in [0.25, 0.3) is 5.91 Å². The molecule has 0 bridgehead atoms. The van der Waals surface area contributed by atoms with Gasteiger partial charge in [0.15, 0.2) is 0 Å².